The molecule has 0 amide bonds. The molecule has 0 heterocycles. The Kier molecular flexibility index (Phi) is 3.07. The summed E-state index contributed by atoms with van der Waals surface area (Å²) in [4.78, 5) is 0. The molecule has 15 heavy (non-hydrogen) atoms. The Balaban J connectivity index is 2.30. The zero-order valence-corrected chi connectivity index (χ0v) is 8.99. The summed E-state index contributed by atoms with van der Waals surface area (Å²) in [6, 6.07) is 6.19. The van der Waals surface area contributed by atoms with E-state index in [4.69, 9.17) is 9.84 Å². The molecule has 0 saturated carbocycles. The Bertz CT molecular complexity index is 380. The van der Waals surface area contributed by atoms with E-state index in [-0.39, 0.29) is 6.61 Å². The minimum Gasteiger partial charge on any atom is -0.497 e. The van der Waals surface area contributed by atoms with E-state index >= 15 is 0 Å². The van der Waals surface area contributed by atoms with Crippen molar-refractivity contribution < 1.29 is 9.84 Å². The first-order valence-corrected chi connectivity index (χ1v) is 5.30. The lowest BCUT2D eigenvalue weighted by molar-refractivity contribution is 0.298. The minimum absolute atomic E-state index is 0.241. The van der Waals surface area contributed by atoms with E-state index in [9.17, 15) is 0 Å². The highest BCUT2D eigenvalue weighted by Crippen LogP contribution is 2.28. The van der Waals surface area contributed by atoms with Crippen LogP contribution in [0.4, 0.5) is 0 Å². The van der Waals surface area contributed by atoms with Crippen LogP contribution in [0.25, 0.3) is 6.08 Å². The number of benzene rings is 1. The summed E-state index contributed by atoms with van der Waals surface area (Å²) in [6.07, 6.45) is 5.11. The molecule has 0 fully saturated rings. The predicted molar refractivity (Wildman–Crippen MR) is 61.0 cm³/mol. The fourth-order valence-electron chi connectivity index (χ4n) is 1.99. The Morgan fingerprint density at radius 3 is 2.93 bits per heavy atom. The molecule has 2 nitrogen and oxygen atoms in total. The molecule has 1 aromatic carbocycles. The summed E-state index contributed by atoms with van der Waals surface area (Å²) in [5, 5.41) is 8.90. The number of aliphatic hydroxyl groups is 1. The van der Waals surface area contributed by atoms with Gasteiger partial charge in [-0.3, -0.25) is 0 Å². The number of aryl methyl sites for hydroxylation is 1. The Morgan fingerprint density at radius 1 is 1.33 bits per heavy atom. The van der Waals surface area contributed by atoms with E-state index in [0.717, 1.165) is 25.0 Å². The lowest BCUT2D eigenvalue weighted by Crippen LogP contribution is -2.01. The maximum Gasteiger partial charge on any atom is 0.119 e. The van der Waals surface area contributed by atoms with E-state index < -0.39 is 0 Å². The van der Waals surface area contributed by atoms with Crippen molar-refractivity contribution in [3.63, 3.8) is 0 Å². The molecule has 0 saturated heterocycles. The molecule has 0 unspecified atom stereocenters. The highest BCUT2D eigenvalue weighted by molar-refractivity contribution is 5.61. The van der Waals surface area contributed by atoms with Crippen molar-refractivity contribution in [3.8, 4) is 5.75 Å². The number of rotatable bonds is 3. The Morgan fingerprint density at radius 2 is 2.20 bits per heavy atom. The third-order valence-corrected chi connectivity index (χ3v) is 2.86. The van der Waals surface area contributed by atoms with Gasteiger partial charge in [0.15, 0.2) is 0 Å². The second-order valence-electron chi connectivity index (χ2n) is 3.84. The molecule has 80 valence electrons. The highest BCUT2D eigenvalue weighted by Gasteiger charge is 2.10. The van der Waals surface area contributed by atoms with Gasteiger partial charge in [-0.2, -0.15) is 0 Å². The number of fused-ring (bicyclic) bond motifs is 1. The number of hydrogen-bond acceptors (Lipinski definition) is 2. The van der Waals surface area contributed by atoms with E-state index in [2.05, 4.69) is 18.2 Å². The number of methoxy groups -OCH3 is 1. The second kappa shape index (κ2) is 4.49. The third kappa shape index (κ3) is 2.21. The summed E-state index contributed by atoms with van der Waals surface area (Å²) in [6.45, 7) is 0.241. The van der Waals surface area contributed by atoms with Crippen LogP contribution >= 0.6 is 0 Å². The number of ether oxygens (including phenoxy) is 1. The molecule has 2 rings (SSSR count). The van der Waals surface area contributed by atoms with Crippen molar-refractivity contribution in [2.75, 3.05) is 13.7 Å². The maximum atomic E-state index is 8.90. The van der Waals surface area contributed by atoms with Gasteiger partial charge in [-0.15, -0.1) is 0 Å². The van der Waals surface area contributed by atoms with Gasteiger partial charge in [0.05, 0.1) is 7.11 Å². The monoisotopic (exact) mass is 204 g/mol. The van der Waals surface area contributed by atoms with Crippen molar-refractivity contribution >= 4 is 6.08 Å². The molecule has 1 aliphatic rings. The molecule has 1 N–H and O–H groups in total. The average Bonchev–Trinajstić information content (AvgIpc) is 2.28. The summed E-state index contributed by atoms with van der Waals surface area (Å²) in [5.41, 5.74) is 3.94. The van der Waals surface area contributed by atoms with E-state index in [1.165, 1.54) is 16.7 Å². The average molecular weight is 204 g/mol. The van der Waals surface area contributed by atoms with Crippen LogP contribution in [0.2, 0.25) is 0 Å². The molecule has 1 aliphatic carbocycles. The van der Waals surface area contributed by atoms with Gasteiger partial charge in [-0.25, -0.2) is 0 Å². The molecule has 0 aromatic heterocycles. The fraction of sp³-hybridized carbons (Fsp3) is 0.385. The van der Waals surface area contributed by atoms with Crippen LogP contribution < -0.4 is 4.74 Å². The maximum absolute atomic E-state index is 8.90. The number of hydrogen-bond donors (Lipinski definition) is 1. The van der Waals surface area contributed by atoms with Crippen LogP contribution in [0, 0.1) is 0 Å². The van der Waals surface area contributed by atoms with Gasteiger partial charge < -0.3 is 9.84 Å². The summed E-state index contributed by atoms with van der Waals surface area (Å²) >= 11 is 0. The molecular formula is C13H16O2. The molecule has 1 aromatic rings. The fourth-order valence-corrected chi connectivity index (χ4v) is 1.99. The summed E-state index contributed by atoms with van der Waals surface area (Å²) in [7, 11) is 1.68. The van der Waals surface area contributed by atoms with Gasteiger partial charge in [0.1, 0.15) is 5.75 Å². The van der Waals surface area contributed by atoms with Gasteiger partial charge >= 0.3 is 0 Å². The molecule has 0 aliphatic heterocycles. The quantitative estimate of drug-likeness (QED) is 0.819. The van der Waals surface area contributed by atoms with E-state index in [0.29, 0.717) is 0 Å². The SMILES string of the molecule is COc1ccc2c(c1)C=C(CCO)CC2. The van der Waals surface area contributed by atoms with Crippen LogP contribution in [-0.2, 0) is 6.42 Å². The van der Waals surface area contributed by atoms with Crippen molar-refractivity contribution in [3.05, 3.63) is 34.9 Å². The smallest absolute Gasteiger partial charge is 0.119 e. The van der Waals surface area contributed by atoms with Crippen molar-refractivity contribution in [1.29, 1.82) is 0 Å². The van der Waals surface area contributed by atoms with E-state index in [1.807, 2.05) is 6.07 Å². The van der Waals surface area contributed by atoms with Crippen LogP contribution in [0.15, 0.2) is 23.8 Å². The topological polar surface area (TPSA) is 29.5 Å². The molecule has 0 radical (unpaired) electrons. The van der Waals surface area contributed by atoms with E-state index in [1.54, 1.807) is 7.11 Å². The van der Waals surface area contributed by atoms with Gasteiger partial charge in [-0.05, 0) is 42.5 Å². The highest BCUT2D eigenvalue weighted by atomic mass is 16.5. The largest absolute Gasteiger partial charge is 0.497 e. The van der Waals surface area contributed by atoms with Gasteiger partial charge in [0, 0.05) is 6.61 Å². The summed E-state index contributed by atoms with van der Waals surface area (Å²) < 4.78 is 5.20. The minimum atomic E-state index is 0.241. The van der Waals surface area contributed by atoms with Crippen LogP contribution in [-0.4, -0.2) is 18.8 Å². The zero-order chi connectivity index (χ0) is 10.7. The van der Waals surface area contributed by atoms with Gasteiger partial charge in [0.2, 0.25) is 0 Å². The van der Waals surface area contributed by atoms with Crippen molar-refractivity contribution in [2.45, 2.75) is 19.3 Å². The summed E-state index contributed by atoms with van der Waals surface area (Å²) in [5.74, 6) is 0.898. The third-order valence-electron chi connectivity index (χ3n) is 2.86. The van der Waals surface area contributed by atoms with Crippen LogP contribution in [0.1, 0.15) is 24.0 Å². The standard InChI is InChI=1S/C13H16O2/c1-15-13-5-4-11-3-2-10(6-7-14)8-12(11)9-13/h4-5,8-9,14H,2-3,6-7H2,1H3. The first-order valence-electron chi connectivity index (χ1n) is 5.30. The Hall–Kier alpha value is -1.28. The van der Waals surface area contributed by atoms with Crippen LogP contribution in [0.3, 0.4) is 0 Å². The lowest BCUT2D eigenvalue weighted by atomic mass is 9.91. The van der Waals surface area contributed by atoms with Gasteiger partial charge in [0.25, 0.3) is 0 Å². The molecular weight excluding hydrogens is 188 g/mol. The number of aliphatic hydroxyl groups excluding tert-OH is 1. The second-order valence-corrected chi connectivity index (χ2v) is 3.84. The van der Waals surface area contributed by atoms with Gasteiger partial charge in [-0.1, -0.05) is 17.7 Å². The first-order chi connectivity index (χ1) is 7.33. The predicted octanol–water partition coefficient (Wildman–Crippen LogP) is 2.41. The zero-order valence-electron chi connectivity index (χ0n) is 8.99. The first kappa shape index (κ1) is 10.2. The molecule has 0 bridgehead atoms. The van der Waals surface area contributed by atoms with Crippen molar-refractivity contribution in [2.24, 2.45) is 0 Å². The molecule has 0 atom stereocenters. The normalized spacial score (nSPS) is 14.4. The molecule has 0 spiro atoms. The van der Waals surface area contributed by atoms with Crippen LogP contribution in [0.5, 0.6) is 5.75 Å². The van der Waals surface area contributed by atoms with Crippen molar-refractivity contribution in [1.82, 2.24) is 0 Å². The Labute approximate surface area is 90.2 Å². The lowest BCUT2D eigenvalue weighted by Gasteiger charge is -2.16. The molecule has 2 heteroatoms.